The second-order valence-electron chi connectivity index (χ2n) is 5.42. The van der Waals surface area contributed by atoms with Gasteiger partial charge in [-0.25, -0.2) is 0 Å². The van der Waals surface area contributed by atoms with Gasteiger partial charge in [-0.15, -0.1) is 0 Å². The number of carbonyl (C=O) groups excluding carboxylic acids is 1. The zero-order chi connectivity index (χ0) is 16.0. The molecule has 0 saturated carbocycles. The highest BCUT2D eigenvalue weighted by Crippen LogP contribution is 2.30. The van der Waals surface area contributed by atoms with Gasteiger partial charge < -0.3 is 10.6 Å². The largest absolute Gasteiger partial charge is 0.416 e. The molecule has 118 valence electrons. The zero-order valence-corrected chi connectivity index (χ0v) is 12.4. The van der Waals surface area contributed by atoms with Gasteiger partial charge in [-0.05, 0) is 37.5 Å². The van der Waals surface area contributed by atoms with Crippen LogP contribution in [-0.4, -0.2) is 18.5 Å². The first-order valence-corrected chi connectivity index (χ1v) is 6.91. The molecule has 1 aromatic rings. The molecule has 1 atom stereocenters. The predicted molar refractivity (Wildman–Crippen MR) is 77.0 cm³/mol. The van der Waals surface area contributed by atoms with E-state index in [1.54, 1.807) is 6.92 Å². The number of hydrogen-bond acceptors (Lipinski definition) is 2. The monoisotopic (exact) mass is 302 g/mol. The molecule has 1 unspecified atom stereocenters. The van der Waals surface area contributed by atoms with E-state index in [1.165, 1.54) is 12.1 Å². The summed E-state index contributed by atoms with van der Waals surface area (Å²) in [6, 6.07) is 4.22. The third-order valence-electron chi connectivity index (χ3n) is 2.99. The van der Waals surface area contributed by atoms with Crippen molar-refractivity contribution in [3.8, 4) is 0 Å². The Kier molecular flexibility index (Phi) is 6.05. The summed E-state index contributed by atoms with van der Waals surface area (Å²) in [5.74, 6) is 0.255. The SMILES string of the molecule is CC(C)CCNC(=O)C(C)Nc1cccc(C(F)(F)F)c1. The molecule has 0 heterocycles. The van der Waals surface area contributed by atoms with E-state index < -0.39 is 17.8 Å². The van der Waals surface area contributed by atoms with Gasteiger partial charge in [0.1, 0.15) is 6.04 Å². The van der Waals surface area contributed by atoms with Gasteiger partial charge in [0.15, 0.2) is 0 Å². The van der Waals surface area contributed by atoms with Gasteiger partial charge in [0.05, 0.1) is 5.56 Å². The zero-order valence-electron chi connectivity index (χ0n) is 12.4. The summed E-state index contributed by atoms with van der Waals surface area (Å²) in [5.41, 5.74) is -0.462. The molecular formula is C15H21F3N2O. The summed E-state index contributed by atoms with van der Waals surface area (Å²) in [7, 11) is 0. The molecule has 0 aliphatic heterocycles. The number of nitrogens with one attached hydrogen (secondary N) is 2. The Morgan fingerprint density at radius 1 is 1.24 bits per heavy atom. The van der Waals surface area contributed by atoms with Crippen molar-refractivity contribution in [1.82, 2.24) is 5.32 Å². The summed E-state index contributed by atoms with van der Waals surface area (Å²) in [6.45, 7) is 6.28. The van der Waals surface area contributed by atoms with Gasteiger partial charge in [-0.3, -0.25) is 4.79 Å². The molecule has 2 N–H and O–H groups in total. The Morgan fingerprint density at radius 3 is 2.48 bits per heavy atom. The molecule has 0 saturated heterocycles. The average Bonchev–Trinajstić information content (AvgIpc) is 2.37. The predicted octanol–water partition coefficient (Wildman–Crippen LogP) is 3.67. The second kappa shape index (κ2) is 7.33. The Bertz CT molecular complexity index is 472. The van der Waals surface area contributed by atoms with Crippen LogP contribution in [-0.2, 0) is 11.0 Å². The molecule has 0 bridgehead atoms. The summed E-state index contributed by atoms with van der Waals surface area (Å²) in [5, 5.41) is 5.54. The van der Waals surface area contributed by atoms with E-state index in [2.05, 4.69) is 24.5 Å². The molecule has 0 aliphatic rings. The van der Waals surface area contributed by atoms with Crippen molar-refractivity contribution < 1.29 is 18.0 Å². The van der Waals surface area contributed by atoms with Crippen molar-refractivity contribution in [2.75, 3.05) is 11.9 Å². The van der Waals surface area contributed by atoms with E-state index in [1.807, 2.05) is 0 Å². The lowest BCUT2D eigenvalue weighted by Gasteiger charge is -2.17. The van der Waals surface area contributed by atoms with E-state index >= 15 is 0 Å². The molecular weight excluding hydrogens is 281 g/mol. The maximum atomic E-state index is 12.6. The Hall–Kier alpha value is -1.72. The van der Waals surface area contributed by atoms with Crippen LogP contribution in [0.15, 0.2) is 24.3 Å². The van der Waals surface area contributed by atoms with Gasteiger partial charge in [0.25, 0.3) is 0 Å². The number of carbonyl (C=O) groups is 1. The Labute approximate surface area is 122 Å². The normalized spacial score (nSPS) is 13.1. The number of amides is 1. The van der Waals surface area contributed by atoms with E-state index in [0.29, 0.717) is 12.5 Å². The summed E-state index contributed by atoms with van der Waals surface area (Å²) >= 11 is 0. The van der Waals surface area contributed by atoms with Crippen molar-refractivity contribution in [2.45, 2.75) is 39.4 Å². The summed E-state index contributed by atoms with van der Waals surface area (Å²) < 4.78 is 37.8. The quantitative estimate of drug-likeness (QED) is 0.842. The minimum absolute atomic E-state index is 0.229. The average molecular weight is 302 g/mol. The van der Waals surface area contributed by atoms with Crippen LogP contribution in [0, 0.1) is 5.92 Å². The highest BCUT2D eigenvalue weighted by atomic mass is 19.4. The molecule has 0 radical (unpaired) electrons. The molecule has 0 fully saturated rings. The van der Waals surface area contributed by atoms with Gasteiger partial charge >= 0.3 is 6.18 Å². The van der Waals surface area contributed by atoms with Crippen LogP contribution in [0.25, 0.3) is 0 Å². The van der Waals surface area contributed by atoms with Crippen molar-refractivity contribution in [3.05, 3.63) is 29.8 Å². The molecule has 0 spiro atoms. The van der Waals surface area contributed by atoms with Crippen molar-refractivity contribution in [3.63, 3.8) is 0 Å². The Morgan fingerprint density at radius 2 is 1.90 bits per heavy atom. The first-order chi connectivity index (χ1) is 9.70. The van der Waals surface area contributed by atoms with Crippen molar-refractivity contribution in [2.24, 2.45) is 5.92 Å². The molecule has 0 aliphatic carbocycles. The standard InChI is InChI=1S/C15H21F3N2O/c1-10(2)7-8-19-14(21)11(3)20-13-6-4-5-12(9-13)15(16,17)18/h4-6,9-11,20H,7-8H2,1-3H3,(H,19,21). The number of rotatable bonds is 6. The fraction of sp³-hybridized carbons (Fsp3) is 0.533. The Balaban J connectivity index is 2.58. The van der Waals surface area contributed by atoms with Crippen LogP contribution in [0.4, 0.5) is 18.9 Å². The minimum Gasteiger partial charge on any atom is -0.374 e. The van der Waals surface area contributed by atoms with Gasteiger partial charge in [0, 0.05) is 12.2 Å². The number of hydrogen-bond donors (Lipinski definition) is 2. The lowest BCUT2D eigenvalue weighted by Crippen LogP contribution is -2.38. The third-order valence-corrected chi connectivity index (χ3v) is 2.99. The van der Waals surface area contributed by atoms with E-state index in [0.717, 1.165) is 18.6 Å². The number of halogens is 3. The van der Waals surface area contributed by atoms with Crippen LogP contribution in [0.1, 0.15) is 32.8 Å². The van der Waals surface area contributed by atoms with Crippen molar-refractivity contribution >= 4 is 11.6 Å². The lowest BCUT2D eigenvalue weighted by atomic mass is 10.1. The molecule has 1 aromatic carbocycles. The highest BCUT2D eigenvalue weighted by molar-refractivity contribution is 5.84. The van der Waals surface area contributed by atoms with Crippen molar-refractivity contribution in [1.29, 1.82) is 0 Å². The lowest BCUT2D eigenvalue weighted by molar-refractivity contribution is -0.137. The van der Waals surface area contributed by atoms with E-state index in [4.69, 9.17) is 0 Å². The first-order valence-electron chi connectivity index (χ1n) is 6.91. The minimum atomic E-state index is -4.39. The summed E-state index contributed by atoms with van der Waals surface area (Å²) in [4.78, 5) is 11.8. The van der Waals surface area contributed by atoms with Gasteiger partial charge in [-0.1, -0.05) is 19.9 Å². The molecule has 21 heavy (non-hydrogen) atoms. The number of alkyl halides is 3. The highest BCUT2D eigenvalue weighted by Gasteiger charge is 2.30. The maximum Gasteiger partial charge on any atom is 0.416 e. The van der Waals surface area contributed by atoms with Crippen LogP contribution in [0.5, 0.6) is 0 Å². The molecule has 0 aromatic heterocycles. The smallest absolute Gasteiger partial charge is 0.374 e. The molecule has 1 amide bonds. The fourth-order valence-electron chi connectivity index (χ4n) is 1.74. The third kappa shape index (κ3) is 6.06. The molecule has 3 nitrogen and oxygen atoms in total. The molecule has 1 rings (SSSR count). The van der Waals surface area contributed by atoms with Crippen LogP contribution in [0.2, 0.25) is 0 Å². The molecule has 6 heteroatoms. The van der Waals surface area contributed by atoms with Gasteiger partial charge in [0.2, 0.25) is 5.91 Å². The number of anilines is 1. The van der Waals surface area contributed by atoms with Crippen LogP contribution < -0.4 is 10.6 Å². The second-order valence-corrected chi connectivity index (χ2v) is 5.42. The number of benzene rings is 1. The van der Waals surface area contributed by atoms with Crippen LogP contribution >= 0.6 is 0 Å². The first kappa shape index (κ1) is 17.3. The van der Waals surface area contributed by atoms with Crippen LogP contribution in [0.3, 0.4) is 0 Å². The summed E-state index contributed by atoms with van der Waals surface area (Å²) in [6.07, 6.45) is -3.53. The van der Waals surface area contributed by atoms with E-state index in [-0.39, 0.29) is 11.6 Å². The maximum absolute atomic E-state index is 12.6. The topological polar surface area (TPSA) is 41.1 Å². The van der Waals surface area contributed by atoms with E-state index in [9.17, 15) is 18.0 Å². The van der Waals surface area contributed by atoms with Gasteiger partial charge in [-0.2, -0.15) is 13.2 Å². The fourth-order valence-corrected chi connectivity index (χ4v) is 1.74.